The maximum absolute atomic E-state index is 13.2. The monoisotopic (exact) mass is 636 g/mol. The van der Waals surface area contributed by atoms with Crippen molar-refractivity contribution in [2.24, 2.45) is 5.16 Å². The molecule has 0 saturated carbocycles. The second-order valence-electron chi connectivity index (χ2n) is 9.07. The van der Waals surface area contributed by atoms with Gasteiger partial charge in [-0.3, -0.25) is 14.5 Å². The number of anilines is 2. The molecular formula is C23H23ClN9O7S2+. The SMILES string of the molecule is CNc1nc2cc[n+](CC3=C(C(=O)O)N4C(=O)[C@@H](NC(=O)C(=NO[C@@H](C)C(=O)O)c5nc(N)sc5Cl)C4SC3)cc2[nH]1. The molecule has 0 bridgehead atoms. The number of halogens is 1. The van der Waals surface area contributed by atoms with E-state index in [1.807, 2.05) is 0 Å². The first-order chi connectivity index (χ1) is 20.0. The number of aliphatic carboxylic acids is 2. The summed E-state index contributed by atoms with van der Waals surface area (Å²) in [5.41, 5.74) is 6.84. The van der Waals surface area contributed by atoms with Crippen molar-refractivity contribution in [1.29, 1.82) is 0 Å². The topological polar surface area (TPSA) is 229 Å². The lowest BCUT2D eigenvalue weighted by molar-refractivity contribution is -0.687. The fraction of sp³-hybridized carbons (Fsp3) is 0.304. The Kier molecular flexibility index (Phi) is 7.93. The Balaban J connectivity index is 1.36. The number of fused-ring (bicyclic) bond motifs is 2. The summed E-state index contributed by atoms with van der Waals surface area (Å²) in [6.45, 7) is 1.40. The standard InChI is InChI=1S/C23H22ClN9O7S2/c1-8(20(36)37)40-31-13(12-16(24)42-22(25)30-12)17(34)29-14-18(35)33-15(21(38)39)9(7-41-19(14)33)5-32-4-3-10-11(6-32)28-23(26-2)27-10/h3-4,6,8,14,19H,5,7H2,1-2H3,(H6,25,26,28,29,30,34,36,37,38,39)/p+1/t8-,14+,19?/m0/s1. The highest BCUT2D eigenvalue weighted by Crippen LogP contribution is 2.40. The predicted octanol–water partition coefficient (Wildman–Crippen LogP) is 0.217. The first-order valence-electron chi connectivity index (χ1n) is 12.1. The molecule has 0 radical (unpaired) electrons. The van der Waals surface area contributed by atoms with Gasteiger partial charge in [-0.05, 0) is 6.92 Å². The predicted molar refractivity (Wildman–Crippen MR) is 152 cm³/mol. The Morgan fingerprint density at radius 1 is 1.38 bits per heavy atom. The lowest BCUT2D eigenvalue weighted by Crippen LogP contribution is -2.71. The van der Waals surface area contributed by atoms with Crippen molar-refractivity contribution in [2.45, 2.75) is 31.0 Å². The van der Waals surface area contributed by atoms with E-state index in [1.165, 1.54) is 18.7 Å². The molecule has 0 spiro atoms. The molecule has 1 saturated heterocycles. The summed E-state index contributed by atoms with van der Waals surface area (Å²) in [6.07, 6.45) is 2.14. The number of nitrogen functional groups attached to an aromatic ring is 1. The number of nitrogens with one attached hydrogen (secondary N) is 3. The van der Waals surface area contributed by atoms with Gasteiger partial charge < -0.3 is 36.4 Å². The molecule has 0 aliphatic carbocycles. The lowest BCUT2D eigenvalue weighted by atomic mass is 10.0. The third-order valence-corrected chi connectivity index (χ3v) is 8.74. The van der Waals surface area contributed by atoms with Crippen LogP contribution in [0.5, 0.6) is 0 Å². The van der Waals surface area contributed by atoms with Crippen LogP contribution in [0.3, 0.4) is 0 Å². The number of pyridine rings is 1. The fourth-order valence-corrected chi connectivity index (χ4v) is 6.55. The third kappa shape index (κ3) is 5.42. The molecule has 1 unspecified atom stereocenters. The number of carbonyl (C=O) groups is 4. The van der Waals surface area contributed by atoms with Crippen LogP contribution < -0.4 is 20.9 Å². The van der Waals surface area contributed by atoms with Gasteiger partial charge in [-0.15, -0.1) is 11.8 Å². The number of thiazole rings is 1. The molecule has 2 aliphatic heterocycles. The summed E-state index contributed by atoms with van der Waals surface area (Å²) < 4.78 is 1.78. The minimum atomic E-state index is -1.41. The van der Waals surface area contributed by atoms with Gasteiger partial charge >= 0.3 is 11.9 Å². The van der Waals surface area contributed by atoms with Gasteiger partial charge in [0.2, 0.25) is 12.1 Å². The van der Waals surface area contributed by atoms with Crippen LogP contribution in [0.2, 0.25) is 4.34 Å². The van der Waals surface area contributed by atoms with Crippen molar-refractivity contribution in [2.75, 3.05) is 23.9 Å². The van der Waals surface area contributed by atoms with Crippen LogP contribution in [-0.2, 0) is 30.6 Å². The van der Waals surface area contributed by atoms with Crippen molar-refractivity contribution in [3.63, 3.8) is 0 Å². The molecule has 220 valence electrons. The number of nitrogens with two attached hydrogens (primary N) is 1. The molecule has 0 aromatic carbocycles. The number of thioether (sulfide) groups is 1. The van der Waals surface area contributed by atoms with E-state index in [9.17, 15) is 24.3 Å². The van der Waals surface area contributed by atoms with Gasteiger partial charge in [0.25, 0.3) is 11.8 Å². The third-order valence-electron chi connectivity index (χ3n) is 6.32. The number of β-lactam (4-membered cyclic amide) rings is 1. The summed E-state index contributed by atoms with van der Waals surface area (Å²) in [5.74, 6) is -3.34. The Bertz CT molecular complexity index is 1690. The number of hydrogen-bond donors (Lipinski definition) is 6. The number of carboxylic acid groups (broad SMARTS) is 2. The van der Waals surface area contributed by atoms with Gasteiger partial charge in [0.05, 0.1) is 0 Å². The van der Waals surface area contributed by atoms with E-state index in [-0.39, 0.29) is 33.2 Å². The zero-order valence-electron chi connectivity index (χ0n) is 21.8. The number of nitrogens with zero attached hydrogens (tertiary/aromatic N) is 5. The molecule has 3 aromatic heterocycles. The molecular weight excluding hydrogens is 614 g/mol. The maximum Gasteiger partial charge on any atom is 0.352 e. The van der Waals surface area contributed by atoms with Crippen LogP contribution in [0.15, 0.2) is 34.9 Å². The number of aromatic nitrogens is 4. The molecule has 7 N–H and O–H groups in total. The number of rotatable bonds is 10. The number of carboxylic acids is 2. The number of amides is 2. The van der Waals surface area contributed by atoms with E-state index in [2.05, 4.69) is 30.7 Å². The molecule has 3 atom stereocenters. The van der Waals surface area contributed by atoms with E-state index >= 15 is 0 Å². The second kappa shape index (κ2) is 11.5. The zero-order valence-corrected chi connectivity index (χ0v) is 24.2. The minimum Gasteiger partial charge on any atom is -0.478 e. The fourth-order valence-electron chi connectivity index (χ4n) is 4.28. The molecule has 2 amide bonds. The summed E-state index contributed by atoms with van der Waals surface area (Å²) in [7, 11) is 1.73. The smallest absolute Gasteiger partial charge is 0.352 e. The van der Waals surface area contributed by atoms with Crippen molar-refractivity contribution in [3.05, 3.63) is 39.8 Å². The average Bonchev–Trinajstić information content (AvgIpc) is 3.52. The Hall–Kier alpha value is -4.42. The molecule has 1 fully saturated rings. The number of hydrogen-bond acceptors (Lipinski definition) is 12. The van der Waals surface area contributed by atoms with Crippen LogP contribution >= 0.6 is 34.7 Å². The van der Waals surface area contributed by atoms with Gasteiger partial charge in [0.1, 0.15) is 38.2 Å². The first-order valence-corrected chi connectivity index (χ1v) is 14.4. The second-order valence-corrected chi connectivity index (χ2v) is 11.8. The van der Waals surface area contributed by atoms with Crippen LogP contribution in [0.1, 0.15) is 12.6 Å². The van der Waals surface area contributed by atoms with Crippen LogP contribution in [-0.4, -0.2) is 89.8 Å². The van der Waals surface area contributed by atoms with E-state index in [0.717, 1.165) is 27.3 Å². The largest absolute Gasteiger partial charge is 0.478 e. The highest BCUT2D eigenvalue weighted by atomic mass is 35.5. The quantitative estimate of drug-likeness (QED) is 0.0759. The van der Waals surface area contributed by atoms with E-state index in [4.69, 9.17) is 27.3 Å². The summed E-state index contributed by atoms with van der Waals surface area (Å²) in [5, 5.41) is 27.5. The Labute approximate surface area is 249 Å². The number of carbonyl (C=O) groups excluding carboxylic acids is 2. The van der Waals surface area contributed by atoms with Gasteiger partial charge in [-0.25, -0.2) is 19.6 Å². The van der Waals surface area contributed by atoms with Crippen LogP contribution in [0.25, 0.3) is 11.0 Å². The highest BCUT2D eigenvalue weighted by molar-refractivity contribution is 8.00. The molecule has 2 aliphatic rings. The van der Waals surface area contributed by atoms with Gasteiger partial charge in [0, 0.05) is 24.4 Å². The van der Waals surface area contributed by atoms with Crippen LogP contribution in [0.4, 0.5) is 11.1 Å². The number of aromatic amines is 1. The molecule has 42 heavy (non-hydrogen) atoms. The summed E-state index contributed by atoms with van der Waals surface area (Å²) >= 11 is 8.28. The highest BCUT2D eigenvalue weighted by Gasteiger charge is 2.55. The number of H-pyrrole nitrogens is 1. The van der Waals surface area contributed by atoms with Gasteiger partial charge in [-0.1, -0.05) is 28.1 Å². The molecule has 16 nitrogen and oxygen atoms in total. The van der Waals surface area contributed by atoms with E-state index in [1.54, 1.807) is 30.1 Å². The van der Waals surface area contributed by atoms with Crippen molar-refractivity contribution in [1.82, 2.24) is 25.2 Å². The Morgan fingerprint density at radius 2 is 2.14 bits per heavy atom. The van der Waals surface area contributed by atoms with E-state index < -0.39 is 47.0 Å². The first kappa shape index (κ1) is 29.1. The molecule has 19 heteroatoms. The molecule has 3 aromatic rings. The average molecular weight is 637 g/mol. The Morgan fingerprint density at radius 3 is 2.79 bits per heavy atom. The zero-order chi connectivity index (χ0) is 30.3. The molecule has 5 heterocycles. The summed E-state index contributed by atoms with van der Waals surface area (Å²) in [6, 6.07) is 0.680. The normalized spacial score (nSPS) is 19.3. The molecule has 5 rings (SSSR count). The van der Waals surface area contributed by atoms with Gasteiger partial charge in [0.15, 0.2) is 29.8 Å². The van der Waals surface area contributed by atoms with Crippen molar-refractivity contribution < 1.29 is 38.8 Å². The van der Waals surface area contributed by atoms with Crippen LogP contribution in [0, 0.1) is 0 Å². The number of imidazole rings is 1. The van der Waals surface area contributed by atoms with Crippen molar-refractivity contribution in [3.8, 4) is 0 Å². The maximum atomic E-state index is 13.2. The van der Waals surface area contributed by atoms with Gasteiger partial charge in [-0.2, -0.15) is 4.57 Å². The minimum absolute atomic E-state index is 0.00433. The van der Waals surface area contributed by atoms with Crippen molar-refractivity contribution >= 4 is 86.3 Å². The van der Waals surface area contributed by atoms with E-state index in [0.29, 0.717) is 11.5 Å². The number of oxime groups is 1. The lowest BCUT2D eigenvalue weighted by Gasteiger charge is -2.49. The summed E-state index contributed by atoms with van der Waals surface area (Å²) in [4.78, 5) is 67.4.